The number of imidazole rings is 1. The van der Waals surface area contributed by atoms with Gasteiger partial charge in [0.05, 0.1) is 31.9 Å². The minimum Gasteiger partial charge on any atom is -0.689 e. The number of aromatic nitrogens is 4. The summed E-state index contributed by atoms with van der Waals surface area (Å²) in [4.78, 5) is 12.9. The summed E-state index contributed by atoms with van der Waals surface area (Å²) >= 11 is 0. The molecule has 0 atom stereocenters. The summed E-state index contributed by atoms with van der Waals surface area (Å²) in [5.74, 6) is 1.10. The van der Waals surface area contributed by atoms with E-state index in [-0.39, 0.29) is 81.7 Å². The van der Waals surface area contributed by atoms with Gasteiger partial charge in [-0.1, -0.05) is 24.3 Å². The van der Waals surface area contributed by atoms with Crippen LogP contribution in [0.5, 0.6) is 5.88 Å². The molecule has 2 aliphatic rings. The Morgan fingerprint density at radius 3 is 2.42 bits per heavy atom. The van der Waals surface area contributed by atoms with Gasteiger partial charge in [0.15, 0.2) is 11.5 Å². The first-order valence-electron chi connectivity index (χ1n) is 12.5. The van der Waals surface area contributed by atoms with E-state index in [1.807, 2.05) is 6.92 Å². The van der Waals surface area contributed by atoms with E-state index >= 15 is 0 Å². The minimum absolute atomic E-state index is 0. The van der Waals surface area contributed by atoms with Gasteiger partial charge >= 0.3 is 57.6 Å². The Bertz CT molecular complexity index is 1400. The topological polar surface area (TPSA) is 109 Å². The molecule has 3 heterocycles. The number of rotatable bonds is 9. The predicted molar refractivity (Wildman–Crippen MR) is 137 cm³/mol. The molecular formula is C27H28F3KN6O3. The summed E-state index contributed by atoms with van der Waals surface area (Å²) in [6.45, 7) is 2.69. The molecule has 13 heteroatoms. The summed E-state index contributed by atoms with van der Waals surface area (Å²) in [6.07, 6.45) is 0.122. The van der Waals surface area contributed by atoms with Crippen molar-refractivity contribution in [3.05, 3.63) is 70.3 Å². The Morgan fingerprint density at radius 2 is 1.88 bits per heavy atom. The Balaban J connectivity index is 0.00000370. The second-order valence-corrected chi connectivity index (χ2v) is 9.50. The van der Waals surface area contributed by atoms with Crippen molar-refractivity contribution in [3.8, 4) is 17.3 Å². The monoisotopic (exact) mass is 580 g/mol. The normalized spacial score (nSPS) is 15.9. The summed E-state index contributed by atoms with van der Waals surface area (Å²) in [5.41, 5.74) is 2.33. The molecule has 1 aromatic carbocycles. The maximum Gasteiger partial charge on any atom is 1.00 e. The van der Waals surface area contributed by atoms with Crippen LogP contribution in [0.1, 0.15) is 41.5 Å². The number of hydrogen-bond donors (Lipinski definition) is 1. The fourth-order valence-electron chi connectivity index (χ4n) is 4.29. The number of allylic oxidation sites excluding steroid dienone is 1. The smallest absolute Gasteiger partial charge is 0.689 e. The molecule has 0 radical (unpaired) electrons. The van der Waals surface area contributed by atoms with Gasteiger partial charge in [0.2, 0.25) is 11.8 Å². The van der Waals surface area contributed by atoms with Gasteiger partial charge < -0.3 is 24.1 Å². The minimum atomic E-state index is -4.53. The zero-order chi connectivity index (χ0) is 27.7. The van der Waals surface area contributed by atoms with E-state index in [9.17, 15) is 13.2 Å². The van der Waals surface area contributed by atoms with Crippen LogP contribution in [0, 0.1) is 18.3 Å². The van der Waals surface area contributed by atoms with Gasteiger partial charge in [-0.3, -0.25) is 5.41 Å². The molecule has 1 N–H and O–H groups in total. The van der Waals surface area contributed by atoms with Crippen LogP contribution in [0.15, 0.2) is 42.4 Å². The molecule has 9 nitrogen and oxygen atoms in total. The van der Waals surface area contributed by atoms with Crippen LogP contribution in [-0.2, 0) is 22.3 Å². The number of hydrogen-bond acceptors (Lipinski definition) is 7. The van der Waals surface area contributed by atoms with Crippen LogP contribution in [-0.4, -0.2) is 52.8 Å². The Morgan fingerprint density at radius 1 is 1.18 bits per heavy atom. The van der Waals surface area contributed by atoms with E-state index in [4.69, 9.17) is 19.6 Å². The van der Waals surface area contributed by atoms with E-state index < -0.39 is 11.9 Å². The molecule has 40 heavy (non-hydrogen) atoms. The van der Waals surface area contributed by atoms with Gasteiger partial charge in [-0.25, -0.2) is 9.97 Å². The maximum absolute atomic E-state index is 13.3. The van der Waals surface area contributed by atoms with Gasteiger partial charge in [-0.2, -0.15) is 18.2 Å². The van der Waals surface area contributed by atoms with Crippen LogP contribution < -0.4 is 56.1 Å². The standard InChI is InChI=1S/C27H28F3N6O3.K/c1-15-10-33-24(21(23(31)37-3)22(32-2)17-8-9-17)35-26(15)39-12-16-4-6-18(7-5-16)25-34-20(27(28,29)30)11-36(25)19-13-38-14-19;/h4-7,10-11,17,19,31H,8-9,12-14H2,1-3H3;/q-1;+1/b22-21+,31-23?;. The molecule has 2 fully saturated rings. The Labute approximate surface area is 272 Å². The molecule has 0 bridgehead atoms. The summed E-state index contributed by atoms with van der Waals surface area (Å²) in [5, 5.41) is 12.7. The van der Waals surface area contributed by atoms with Crippen molar-refractivity contribution in [3.63, 3.8) is 0 Å². The number of ether oxygens (including phenoxy) is 3. The van der Waals surface area contributed by atoms with Crippen molar-refractivity contribution in [2.24, 2.45) is 5.92 Å². The number of aryl methyl sites for hydroxylation is 1. The number of nitrogens with zero attached hydrogens (tertiary/aromatic N) is 5. The fraction of sp³-hybridized carbons (Fsp3) is 0.407. The third-order valence-corrected chi connectivity index (χ3v) is 6.67. The quantitative estimate of drug-likeness (QED) is 0.237. The first kappa shape index (κ1) is 30.7. The molecule has 3 aromatic rings. The van der Waals surface area contributed by atoms with Crippen molar-refractivity contribution in [1.29, 1.82) is 5.41 Å². The van der Waals surface area contributed by atoms with Gasteiger partial charge in [0.25, 0.3) is 0 Å². The van der Waals surface area contributed by atoms with Crippen molar-refractivity contribution in [1.82, 2.24) is 19.5 Å². The Kier molecular flexibility index (Phi) is 9.73. The number of methoxy groups -OCH3 is 1. The van der Waals surface area contributed by atoms with E-state index in [0.717, 1.165) is 30.3 Å². The molecule has 1 saturated heterocycles. The molecule has 0 unspecified atom stereocenters. The number of alkyl halides is 3. The number of nitrogens with one attached hydrogen (secondary N) is 1. The fourth-order valence-corrected chi connectivity index (χ4v) is 4.29. The molecule has 0 spiro atoms. The maximum atomic E-state index is 13.3. The third kappa shape index (κ3) is 6.60. The van der Waals surface area contributed by atoms with E-state index in [1.54, 1.807) is 37.5 Å². The molecule has 206 valence electrons. The molecule has 2 aromatic heterocycles. The SMILES string of the molecule is C[N-]/C(=C(\C(=N)OC)c1ncc(C)c(OCc2ccc(-c3nc(C(F)(F)F)cn3C3COC3)cc2)n1)C1CC1.[K+]. The second-order valence-electron chi connectivity index (χ2n) is 9.50. The third-order valence-electron chi connectivity index (χ3n) is 6.67. The largest absolute Gasteiger partial charge is 1.00 e. The average Bonchev–Trinajstić information content (AvgIpc) is 3.63. The molecule has 5 rings (SSSR count). The van der Waals surface area contributed by atoms with Gasteiger partial charge in [0, 0.05) is 23.5 Å². The van der Waals surface area contributed by atoms with Crippen LogP contribution >= 0.6 is 0 Å². The van der Waals surface area contributed by atoms with Gasteiger partial charge in [-0.05, 0) is 31.2 Å². The van der Waals surface area contributed by atoms with Crippen molar-refractivity contribution < 1.29 is 78.8 Å². The van der Waals surface area contributed by atoms with Crippen LogP contribution in [0.4, 0.5) is 13.2 Å². The number of halogens is 3. The molecular weight excluding hydrogens is 552 g/mol. The first-order chi connectivity index (χ1) is 18.7. The summed E-state index contributed by atoms with van der Waals surface area (Å²) in [7, 11) is 3.11. The van der Waals surface area contributed by atoms with E-state index in [2.05, 4.69) is 20.3 Å². The van der Waals surface area contributed by atoms with E-state index in [1.165, 1.54) is 11.7 Å². The Hall–Kier alpha value is -2.29. The molecule has 1 aliphatic heterocycles. The van der Waals surface area contributed by atoms with Crippen molar-refractivity contribution >= 4 is 11.5 Å². The number of benzene rings is 1. The van der Waals surface area contributed by atoms with Crippen LogP contribution in [0.3, 0.4) is 0 Å². The van der Waals surface area contributed by atoms with Gasteiger partial charge in [-0.15, -0.1) is 12.7 Å². The van der Waals surface area contributed by atoms with Crippen LogP contribution in [0.25, 0.3) is 22.3 Å². The van der Waals surface area contributed by atoms with Crippen LogP contribution in [0.2, 0.25) is 0 Å². The predicted octanol–water partition coefficient (Wildman–Crippen LogP) is 2.57. The zero-order valence-electron chi connectivity index (χ0n) is 22.7. The van der Waals surface area contributed by atoms with Crippen molar-refractivity contribution in [2.45, 2.75) is 38.6 Å². The summed E-state index contributed by atoms with van der Waals surface area (Å²) in [6, 6.07) is 6.83. The molecule has 1 saturated carbocycles. The molecule has 1 aliphatic carbocycles. The van der Waals surface area contributed by atoms with Gasteiger partial charge in [0.1, 0.15) is 12.4 Å². The molecule has 0 amide bonds. The van der Waals surface area contributed by atoms with E-state index in [0.29, 0.717) is 41.6 Å². The summed E-state index contributed by atoms with van der Waals surface area (Å²) < 4.78 is 57.9. The second kappa shape index (κ2) is 12.7. The van der Waals surface area contributed by atoms with Crippen molar-refractivity contribution in [2.75, 3.05) is 27.4 Å². The zero-order valence-corrected chi connectivity index (χ0v) is 25.9. The average molecular weight is 581 g/mol. The first-order valence-corrected chi connectivity index (χ1v) is 12.5.